The van der Waals surface area contributed by atoms with Crippen molar-refractivity contribution in [2.45, 2.75) is 50.6 Å². The van der Waals surface area contributed by atoms with E-state index in [4.69, 9.17) is 4.74 Å². The largest absolute Gasteiger partial charge is 0.378 e. The van der Waals surface area contributed by atoms with E-state index in [1.807, 2.05) is 11.0 Å². The van der Waals surface area contributed by atoms with Crippen LogP contribution in [0.4, 0.5) is 11.4 Å². The van der Waals surface area contributed by atoms with Gasteiger partial charge in [0.25, 0.3) is 5.69 Å². The molecule has 190 valence electrons. The molecule has 0 aromatic heterocycles. The first kappa shape index (κ1) is 24.0. The Morgan fingerprint density at radius 1 is 1.09 bits per heavy atom. The molecule has 1 saturated carbocycles. The van der Waals surface area contributed by atoms with Crippen molar-refractivity contribution in [2.24, 2.45) is 5.92 Å². The van der Waals surface area contributed by atoms with E-state index >= 15 is 0 Å². The molecular formula is C25H35N5O5. The molecule has 1 aromatic carbocycles. The van der Waals surface area contributed by atoms with Gasteiger partial charge in [-0.05, 0) is 30.9 Å². The fourth-order valence-corrected chi connectivity index (χ4v) is 6.09. The van der Waals surface area contributed by atoms with Crippen LogP contribution in [-0.4, -0.2) is 91.1 Å². The second-order valence-corrected chi connectivity index (χ2v) is 10.2. The number of nitrogens with one attached hydrogen (secondary N) is 1. The van der Waals surface area contributed by atoms with Crippen LogP contribution in [-0.2, 0) is 20.7 Å². The number of nitro benzene ring substituents is 1. The predicted molar refractivity (Wildman–Crippen MR) is 130 cm³/mol. The fourth-order valence-electron chi connectivity index (χ4n) is 6.09. The van der Waals surface area contributed by atoms with Gasteiger partial charge in [-0.25, -0.2) is 0 Å². The first-order valence-electron chi connectivity index (χ1n) is 12.9. The van der Waals surface area contributed by atoms with E-state index in [2.05, 4.69) is 15.1 Å². The number of carbonyl (C=O) groups excluding carboxylic acids is 2. The van der Waals surface area contributed by atoms with Gasteiger partial charge in [0.15, 0.2) is 0 Å². The smallest absolute Gasteiger partial charge is 0.269 e. The van der Waals surface area contributed by atoms with Crippen molar-refractivity contribution in [1.82, 2.24) is 15.1 Å². The number of morpholine rings is 1. The SMILES string of the molecule is O=C(NC1CCCCC1)C1Cc2cc([N+](=O)[O-])ccc2N2CCN(CC(=O)N3CCOCC3)CC12. The molecule has 2 atom stereocenters. The molecule has 2 saturated heterocycles. The van der Waals surface area contributed by atoms with Gasteiger partial charge in [-0.1, -0.05) is 19.3 Å². The number of amides is 2. The van der Waals surface area contributed by atoms with E-state index in [0.29, 0.717) is 58.9 Å². The molecule has 35 heavy (non-hydrogen) atoms. The van der Waals surface area contributed by atoms with E-state index in [0.717, 1.165) is 36.9 Å². The number of fused-ring (bicyclic) bond motifs is 3. The molecule has 5 rings (SSSR count). The van der Waals surface area contributed by atoms with E-state index in [-0.39, 0.29) is 40.4 Å². The number of nitro groups is 1. The van der Waals surface area contributed by atoms with Crippen molar-refractivity contribution in [3.05, 3.63) is 33.9 Å². The summed E-state index contributed by atoms with van der Waals surface area (Å²) >= 11 is 0. The highest BCUT2D eigenvalue weighted by atomic mass is 16.6. The minimum Gasteiger partial charge on any atom is -0.378 e. The number of rotatable bonds is 5. The molecule has 0 spiro atoms. The third-order valence-corrected chi connectivity index (χ3v) is 8.00. The van der Waals surface area contributed by atoms with Crippen molar-refractivity contribution < 1.29 is 19.2 Å². The van der Waals surface area contributed by atoms with Gasteiger partial charge >= 0.3 is 0 Å². The van der Waals surface area contributed by atoms with Crippen LogP contribution in [0.2, 0.25) is 0 Å². The second kappa shape index (κ2) is 10.5. The summed E-state index contributed by atoms with van der Waals surface area (Å²) in [5.41, 5.74) is 1.89. The van der Waals surface area contributed by atoms with Gasteiger partial charge in [-0.3, -0.25) is 24.6 Å². The average Bonchev–Trinajstić information content (AvgIpc) is 2.88. The van der Waals surface area contributed by atoms with Crippen LogP contribution in [0.25, 0.3) is 0 Å². The summed E-state index contributed by atoms with van der Waals surface area (Å²) in [6.45, 7) is 4.76. The lowest BCUT2D eigenvalue weighted by Gasteiger charge is -2.49. The molecule has 2 amide bonds. The summed E-state index contributed by atoms with van der Waals surface area (Å²) in [7, 11) is 0. The highest BCUT2D eigenvalue weighted by Gasteiger charge is 2.42. The van der Waals surface area contributed by atoms with Gasteiger partial charge in [-0.15, -0.1) is 0 Å². The molecule has 10 heteroatoms. The number of carbonyl (C=O) groups is 2. The van der Waals surface area contributed by atoms with E-state index in [9.17, 15) is 19.7 Å². The minimum absolute atomic E-state index is 0.0328. The Bertz CT molecular complexity index is 960. The number of hydrogen-bond acceptors (Lipinski definition) is 7. The van der Waals surface area contributed by atoms with E-state index in [1.54, 1.807) is 12.1 Å². The molecule has 0 radical (unpaired) electrons. The third kappa shape index (κ3) is 5.28. The lowest BCUT2D eigenvalue weighted by atomic mass is 9.82. The maximum Gasteiger partial charge on any atom is 0.269 e. The fraction of sp³-hybridized carbons (Fsp3) is 0.680. The zero-order valence-corrected chi connectivity index (χ0v) is 20.2. The number of benzene rings is 1. The molecule has 3 fully saturated rings. The number of ether oxygens (including phenoxy) is 1. The molecule has 1 aromatic rings. The highest BCUT2D eigenvalue weighted by molar-refractivity contribution is 5.83. The van der Waals surface area contributed by atoms with Crippen LogP contribution < -0.4 is 10.2 Å². The summed E-state index contributed by atoms with van der Waals surface area (Å²) in [5, 5.41) is 14.7. The number of non-ortho nitro benzene ring substituents is 1. The van der Waals surface area contributed by atoms with Crippen molar-refractivity contribution in [3.63, 3.8) is 0 Å². The molecule has 1 N–H and O–H groups in total. The van der Waals surface area contributed by atoms with Gasteiger partial charge in [0.1, 0.15) is 0 Å². The maximum absolute atomic E-state index is 13.5. The van der Waals surface area contributed by atoms with Gasteiger partial charge in [0.2, 0.25) is 11.8 Å². The normalized spacial score (nSPS) is 25.5. The molecule has 4 aliphatic rings. The summed E-state index contributed by atoms with van der Waals surface area (Å²) in [5.74, 6) is -0.171. The van der Waals surface area contributed by atoms with Crippen LogP contribution in [0.1, 0.15) is 37.7 Å². The van der Waals surface area contributed by atoms with Gasteiger partial charge in [0.05, 0.1) is 36.6 Å². The molecule has 2 unspecified atom stereocenters. The van der Waals surface area contributed by atoms with Gasteiger partial charge in [-0.2, -0.15) is 0 Å². The van der Waals surface area contributed by atoms with Crippen LogP contribution in [0.3, 0.4) is 0 Å². The lowest BCUT2D eigenvalue weighted by molar-refractivity contribution is -0.384. The van der Waals surface area contributed by atoms with Crippen molar-refractivity contribution >= 4 is 23.2 Å². The van der Waals surface area contributed by atoms with Crippen LogP contribution in [0.5, 0.6) is 0 Å². The molecule has 3 heterocycles. The highest BCUT2D eigenvalue weighted by Crippen LogP contribution is 2.38. The van der Waals surface area contributed by atoms with Gasteiger partial charge in [0, 0.05) is 56.6 Å². The first-order chi connectivity index (χ1) is 17.0. The Kier molecular flexibility index (Phi) is 7.19. The van der Waals surface area contributed by atoms with Crippen LogP contribution in [0, 0.1) is 16.0 Å². The summed E-state index contributed by atoms with van der Waals surface area (Å²) < 4.78 is 5.37. The minimum atomic E-state index is -0.376. The molecular weight excluding hydrogens is 450 g/mol. The van der Waals surface area contributed by atoms with E-state index in [1.165, 1.54) is 6.42 Å². The number of piperazine rings is 1. The Hall–Kier alpha value is -2.72. The zero-order chi connectivity index (χ0) is 24.4. The first-order valence-corrected chi connectivity index (χ1v) is 12.9. The Labute approximate surface area is 205 Å². The monoisotopic (exact) mass is 485 g/mol. The number of hydrogen-bond donors (Lipinski definition) is 1. The summed E-state index contributed by atoms with van der Waals surface area (Å²) in [6, 6.07) is 5.13. The van der Waals surface area contributed by atoms with Crippen molar-refractivity contribution in [1.29, 1.82) is 0 Å². The maximum atomic E-state index is 13.5. The summed E-state index contributed by atoms with van der Waals surface area (Å²) in [4.78, 5) is 43.7. The Morgan fingerprint density at radius 2 is 1.86 bits per heavy atom. The molecule has 0 bridgehead atoms. The lowest BCUT2D eigenvalue weighted by Crippen LogP contribution is -2.62. The number of nitrogens with zero attached hydrogens (tertiary/aromatic N) is 4. The van der Waals surface area contributed by atoms with Crippen LogP contribution in [0.15, 0.2) is 18.2 Å². The quantitative estimate of drug-likeness (QED) is 0.498. The number of anilines is 1. The standard InChI is InChI=1S/C25H35N5O5/c31-24(28-10-12-35-13-11-28)17-27-8-9-29-22-7-6-20(30(33)34)14-18(22)15-21(23(29)16-27)25(32)26-19-4-2-1-3-5-19/h6-7,14,19,21,23H,1-5,8-13,15-17H2,(H,26,32). The van der Waals surface area contributed by atoms with Crippen molar-refractivity contribution in [2.75, 3.05) is 57.4 Å². The zero-order valence-electron chi connectivity index (χ0n) is 20.2. The average molecular weight is 486 g/mol. The van der Waals surface area contributed by atoms with E-state index < -0.39 is 0 Å². The van der Waals surface area contributed by atoms with Crippen LogP contribution >= 0.6 is 0 Å². The van der Waals surface area contributed by atoms with Crippen molar-refractivity contribution in [3.8, 4) is 0 Å². The predicted octanol–water partition coefficient (Wildman–Crippen LogP) is 1.57. The molecule has 1 aliphatic carbocycles. The Balaban J connectivity index is 1.35. The van der Waals surface area contributed by atoms with Gasteiger partial charge < -0.3 is 19.9 Å². The Morgan fingerprint density at radius 3 is 2.60 bits per heavy atom. The molecule has 3 aliphatic heterocycles. The second-order valence-electron chi connectivity index (χ2n) is 10.2. The topological polar surface area (TPSA) is 108 Å². The third-order valence-electron chi connectivity index (χ3n) is 8.00. The summed E-state index contributed by atoms with van der Waals surface area (Å²) in [6.07, 6.45) is 5.98. The molecule has 10 nitrogen and oxygen atoms in total.